The van der Waals surface area contributed by atoms with Crippen LogP contribution < -0.4 is 5.32 Å². The Morgan fingerprint density at radius 1 is 1.04 bits per heavy atom. The van der Waals surface area contributed by atoms with Crippen molar-refractivity contribution in [1.29, 1.82) is 0 Å². The van der Waals surface area contributed by atoms with Gasteiger partial charge in [-0.15, -0.1) is 0 Å². The van der Waals surface area contributed by atoms with Crippen LogP contribution in [-0.4, -0.2) is 65.6 Å². The van der Waals surface area contributed by atoms with Crippen LogP contribution in [0.25, 0.3) is 5.69 Å². The Morgan fingerprint density at radius 3 is 2.35 bits per heavy atom. The van der Waals surface area contributed by atoms with E-state index < -0.39 is 0 Å². The van der Waals surface area contributed by atoms with E-state index >= 15 is 0 Å². The summed E-state index contributed by atoms with van der Waals surface area (Å²) in [7, 11) is 0. The van der Waals surface area contributed by atoms with Crippen molar-refractivity contribution < 1.29 is 4.79 Å². The van der Waals surface area contributed by atoms with Gasteiger partial charge in [-0.25, -0.2) is 0 Å². The number of fused-ring (bicyclic) bond motifs is 3. The van der Waals surface area contributed by atoms with Crippen LogP contribution >= 0.6 is 0 Å². The first-order valence-corrected chi connectivity index (χ1v) is 8.27. The summed E-state index contributed by atoms with van der Waals surface area (Å²) in [6, 6.07) is 12.2. The molecule has 0 saturated carbocycles. The molecule has 120 valence electrons. The number of nitrogens with zero attached hydrogens (tertiary/aromatic N) is 3. The lowest BCUT2D eigenvalue weighted by Crippen LogP contribution is -2.63. The molecule has 3 fully saturated rings. The van der Waals surface area contributed by atoms with Crippen molar-refractivity contribution >= 4 is 5.91 Å². The summed E-state index contributed by atoms with van der Waals surface area (Å²) < 4.78 is 2.03. The second-order valence-electron chi connectivity index (χ2n) is 6.34. The van der Waals surface area contributed by atoms with Gasteiger partial charge in [0, 0.05) is 69.0 Å². The third-order valence-electron chi connectivity index (χ3n) is 4.92. The number of hydrogen-bond donors (Lipinski definition) is 1. The highest BCUT2D eigenvalue weighted by molar-refractivity contribution is 5.94. The maximum atomic E-state index is 12.3. The summed E-state index contributed by atoms with van der Waals surface area (Å²) in [5.41, 5.74) is 1.78. The Morgan fingerprint density at radius 2 is 1.74 bits per heavy atom. The summed E-state index contributed by atoms with van der Waals surface area (Å²) in [6.45, 7) is 6.41. The number of amides is 1. The van der Waals surface area contributed by atoms with Gasteiger partial charge in [0.2, 0.25) is 0 Å². The van der Waals surface area contributed by atoms with Crippen molar-refractivity contribution in [1.82, 2.24) is 19.7 Å². The van der Waals surface area contributed by atoms with E-state index in [0.717, 1.165) is 37.4 Å². The number of hydrogen-bond acceptors (Lipinski definition) is 3. The van der Waals surface area contributed by atoms with Crippen LogP contribution in [-0.2, 0) is 0 Å². The fraction of sp³-hybridized carbons (Fsp3) is 0.389. The zero-order chi connectivity index (χ0) is 15.6. The molecule has 1 aromatic carbocycles. The average Bonchev–Trinajstić information content (AvgIpc) is 3.15. The third kappa shape index (κ3) is 3.02. The van der Waals surface area contributed by atoms with Crippen LogP contribution in [0.3, 0.4) is 0 Å². The largest absolute Gasteiger partial charge is 0.350 e. The van der Waals surface area contributed by atoms with E-state index in [1.165, 1.54) is 13.1 Å². The number of carbonyl (C=O) groups is 1. The van der Waals surface area contributed by atoms with Crippen molar-refractivity contribution in [3.05, 3.63) is 54.4 Å². The Hall–Kier alpha value is -2.11. The van der Waals surface area contributed by atoms with E-state index in [0.29, 0.717) is 6.04 Å². The first-order chi connectivity index (χ1) is 11.3. The fourth-order valence-electron chi connectivity index (χ4n) is 3.52. The maximum Gasteiger partial charge on any atom is 0.251 e. The van der Waals surface area contributed by atoms with Crippen molar-refractivity contribution in [2.24, 2.45) is 0 Å². The van der Waals surface area contributed by atoms with Gasteiger partial charge in [0.15, 0.2) is 0 Å². The Balaban J connectivity index is 1.36. The number of piperazine rings is 3. The first-order valence-electron chi connectivity index (χ1n) is 8.27. The highest BCUT2D eigenvalue weighted by Gasteiger charge is 2.31. The summed E-state index contributed by atoms with van der Waals surface area (Å²) >= 11 is 0. The second-order valence-corrected chi connectivity index (χ2v) is 6.34. The summed E-state index contributed by atoms with van der Waals surface area (Å²) in [6.07, 6.45) is 3.99. The van der Waals surface area contributed by atoms with E-state index in [1.807, 2.05) is 53.4 Å². The lowest BCUT2D eigenvalue weighted by atomic mass is 10.1. The zero-order valence-electron chi connectivity index (χ0n) is 13.2. The first kappa shape index (κ1) is 14.5. The molecule has 3 saturated heterocycles. The van der Waals surface area contributed by atoms with Crippen LogP contribution in [0.1, 0.15) is 10.4 Å². The van der Waals surface area contributed by atoms with Crippen LogP contribution in [0.2, 0.25) is 0 Å². The molecule has 2 aromatic rings. The molecular weight excluding hydrogens is 288 g/mol. The lowest BCUT2D eigenvalue weighted by molar-refractivity contribution is 0.0138. The molecule has 3 aliphatic heterocycles. The molecule has 1 unspecified atom stereocenters. The molecule has 5 rings (SSSR count). The summed E-state index contributed by atoms with van der Waals surface area (Å²) in [4.78, 5) is 17.3. The predicted octanol–water partition coefficient (Wildman–Crippen LogP) is 1.21. The minimum atomic E-state index is 0.0155. The van der Waals surface area contributed by atoms with Gasteiger partial charge < -0.3 is 9.88 Å². The van der Waals surface area contributed by atoms with Gasteiger partial charge >= 0.3 is 0 Å². The van der Waals surface area contributed by atoms with E-state index in [9.17, 15) is 4.79 Å². The normalized spacial score (nSPS) is 26.2. The molecule has 2 bridgehead atoms. The zero-order valence-corrected chi connectivity index (χ0v) is 13.2. The van der Waals surface area contributed by atoms with E-state index in [4.69, 9.17) is 0 Å². The number of aromatic nitrogens is 1. The quantitative estimate of drug-likeness (QED) is 0.923. The number of rotatable bonds is 4. The number of carbonyl (C=O) groups excluding carboxylic acids is 1. The van der Waals surface area contributed by atoms with E-state index in [2.05, 4.69) is 15.1 Å². The van der Waals surface area contributed by atoms with Crippen LogP contribution in [0, 0.1) is 0 Å². The second kappa shape index (κ2) is 6.18. The Labute approximate surface area is 136 Å². The van der Waals surface area contributed by atoms with Crippen molar-refractivity contribution in [2.45, 2.75) is 6.04 Å². The highest BCUT2D eigenvalue weighted by Crippen LogP contribution is 2.15. The molecule has 1 amide bonds. The van der Waals surface area contributed by atoms with Crippen molar-refractivity contribution in [2.75, 3.05) is 39.3 Å². The predicted molar refractivity (Wildman–Crippen MR) is 89.9 cm³/mol. The summed E-state index contributed by atoms with van der Waals surface area (Å²) in [5, 5.41) is 3.09. The van der Waals surface area contributed by atoms with Gasteiger partial charge in [0.1, 0.15) is 0 Å². The number of benzene rings is 1. The van der Waals surface area contributed by atoms with Gasteiger partial charge in [-0.05, 0) is 36.4 Å². The smallest absolute Gasteiger partial charge is 0.251 e. The molecule has 5 heteroatoms. The van der Waals surface area contributed by atoms with Gasteiger partial charge in [0.05, 0.1) is 0 Å². The molecule has 1 N–H and O–H groups in total. The Bertz CT molecular complexity index is 657. The number of nitrogens with one attached hydrogen (secondary N) is 1. The molecule has 3 aliphatic rings. The standard InChI is InChI=1S/C18H22N4O/c23-18(19-13-17-14-20-9-11-22(17)12-10-20)15-3-5-16(6-4-15)21-7-1-2-8-21/h1-8,17H,9-14H2,(H,19,23). The lowest BCUT2D eigenvalue weighted by Gasteiger charge is -2.47. The molecule has 0 aliphatic carbocycles. The third-order valence-corrected chi connectivity index (χ3v) is 4.92. The van der Waals surface area contributed by atoms with Gasteiger partial charge in [-0.2, -0.15) is 0 Å². The van der Waals surface area contributed by atoms with Crippen molar-refractivity contribution in [3.8, 4) is 5.69 Å². The van der Waals surface area contributed by atoms with Gasteiger partial charge in [-0.1, -0.05) is 0 Å². The molecule has 4 heterocycles. The van der Waals surface area contributed by atoms with E-state index in [-0.39, 0.29) is 5.91 Å². The van der Waals surface area contributed by atoms with Gasteiger partial charge in [0.25, 0.3) is 5.91 Å². The highest BCUT2D eigenvalue weighted by atomic mass is 16.1. The average molecular weight is 310 g/mol. The monoisotopic (exact) mass is 310 g/mol. The minimum Gasteiger partial charge on any atom is -0.350 e. The molecular formula is C18H22N4O. The van der Waals surface area contributed by atoms with Gasteiger partial charge in [-0.3, -0.25) is 14.6 Å². The molecule has 0 radical (unpaired) electrons. The molecule has 0 spiro atoms. The van der Waals surface area contributed by atoms with Crippen molar-refractivity contribution in [3.63, 3.8) is 0 Å². The van der Waals surface area contributed by atoms with E-state index in [1.54, 1.807) is 0 Å². The van der Waals surface area contributed by atoms with Crippen LogP contribution in [0.4, 0.5) is 0 Å². The fourth-order valence-corrected chi connectivity index (χ4v) is 3.52. The molecule has 1 aromatic heterocycles. The Kier molecular flexibility index (Phi) is 3.89. The van der Waals surface area contributed by atoms with Crippen LogP contribution in [0.15, 0.2) is 48.8 Å². The van der Waals surface area contributed by atoms with Crippen LogP contribution in [0.5, 0.6) is 0 Å². The topological polar surface area (TPSA) is 40.5 Å². The molecule has 5 nitrogen and oxygen atoms in total. The molecule has 23 heavy (non-hydrogen) atoms. The minimum absolute atomic E-state index is 0.0155. The molecule has 1 atom stereocenters. The maximum absolute atomic E-state index is 12.3. The summed E-state index contributed by atoms with van der Waals surface area (Å²) in [5.74, 6) is 0.0155. The SMILES string of the molecule is O=C(NCC1CN2CCN1CC2)c1ccc(-n2cccc2)cc1.